The first-order chi connectivity index (χ1) is 10.2. The van der Waals surface area contributed by atoms with Gasteiger partial charge in [-0.2, -0.15) is 0 Å². The van der Waals surface area contributed by atoms with Crippen molar-refractivity contribution in [3.8, 4) is 5.75 Å². The summed E-state index contributed by atoms with van der Waals surface area (Å²) >= 11 is 0. The van der Waals surface area contributed by atoms with Crippen LogP contribution in [0.2, 0.25) is 0 Å². The van der Waals surface area contributed by atoms with Gasteiger partial charge in [0.1, 0.15) is 17.4 Å². The van der Waals surface area contributed by atoms with Gasteiger partial charge in [-0.05, 0) is 44.0 Å². The SMILES string of the molecule is COc1ccc2c(c1)C[C@@H](C(=O)O)N(C(=O)OC(C)(C)C)C2. The van der Waals surface area contributed by atoms with Crippen LogP contribution in [0.15, 0.2) is 18.2 Å². The highest BCUT2D eigenvalue weighted by molar-refractivity contribution is 5.81. The molecule has 0 unspecified atom stereocenters. The third kappa shape index (κ3) is 3.50. The Morgan fingerprint density at radius 3 is 2.50 bits per heavy atom. The van der Waals surface area contributed by atoms with Gasteiger partial charge in [-0.15, -0.1) is 0 Å². The summed E-state index contributed by atoms with van der Waals surface area (Å²) < 4.78 is 10.5. The third-order valence-electron chi connectivity index (χ3n) is 3.46. The first kappa shape index (κ1) is 16.1. The number of methoxy groups -OCH3 is 1. The second-order valence-electron chi connectivity index (χ2n) is 6.30. The van der Waals surface area contributed by atoms with E-state index in [4.69, 9.17) is 9.47 Å². The van der Waals surface area contributed by atoms with E-state index >= 15 is 0 Å². The molecule has 6 nitrogen and oxygen atoms in total. The maximum atomic E-state index is 12.3. The van der Waals surface area contributed by atoms with Crippen molar-refractivity contribution in [2.75, 3.05) is 7.11 Å². The van der Waals surface area contributed by atoms with E-state index in [1.807, 2.05) is 12.1 Å². The fraction of sp³-hybridized carbons (Fsp3) is 0.500. The van der Waals surface area contributed by atoms with Crippen LogP contribution in [0.5, 0.6) is 5.75 Å². The van der Waals surface area contributed by atoms with Gasteiger partial charge in [-0.25, -0.2) is 9.59 Å². The van der Waals surface area contributed by atoms with Gasteiger partial charge in [-0.3, -0.25) is 4.90 Å². The molecule has 1 atom stereocenters. The van der Waals surface area contributed by atoms with Crippen molar-refractivity contribution in [3.63, 3.8) is 0 Å². The Morgan fingerprint density at radius 2 is 1.95 bits per heavy atom. The van der Waals surface area contributed by atoms with Gasteiger partial charge in [-0.1, -0.05) is 6.07 Å². The highest BCUT2D eigenvalue weighted by Gasteiger charge is 2.37. The molecule has 0 saturated carbocycles. The van der Waals surface area contributed by atoms with Crippen molar-refractivity contribution in [2.45, 2.75) is 45.4 Å². The normalized spacial score (nSPS) is 17.6. The zero-order chi connectivity index (χ0) is 16.5. The van der Waals surface area contributed by atoms with Crippen molar-refractivity contribution in [1.82, 2.24) is 4.90 Å². The number of ether oxygens (including phenoxy) is 2. The zero-order valence-corrected chi connectivity index (χ0v) is 13.3. The molecule has 0 radical (unpaired) electrons. The number of carbonyl (C=O) groups excluding carboxylic acids is 1. The Bertz CT molecular complexity index is 591. The number of fused-ring (bicyclic) bond motifs is 1. The fourth-order valence-corrected chi connectivity index (χ4v) is 2.42. The minimum absolute atomic E-state index is 0.213. The number of hydrogen-bond acceptors (Lipinski definition) is 4. The molecule has 22 heavy (non-hydrogen) atoms. The fourth-order valence-electron chi connectivity index (χ4n) is 2.42. The van der Waals surface area contributed by atoms with Crippen LogP contribution in [-0.4, -0.2) is 40.8 Å². The number of amides is 1. The molecule has 0 aliphatic carbocycles. The van der Waals surface area contributed by atoms with Crippen molar-refractivity contribution in [1.29, 1.82) is 0 Å². The molecule has 0 saturated heterocycles. The average molecular weight is 307 g/mol. The number of carboxylic acids is 1. The van der Waals surface area contributed by atoms with Crippen LogP contribution in [-0.2, 0) is 22.5 Å². The van der Waals surface area contributed by atoms with E-state index in [-0.39, 0.29) is 13.0 Å². The van der Waals surface area contributed by atoms with E-state index in [0.29, 0.717) is 5.75 Å². The summed E-state index contributed by atoms with van der Waals surface area (Å²) in [6.07, 6.45) is -0.373. The quantitative estimate of drug-likeness (QED) is 0.908. The molecule has 1 N–H and O–H groups in total. The van der Waals surface area contributed by atoms with Gasteiger partial charge < -0.3 is 14.6 Å². The maximum absolute atomic E-state index is 12.3. The summed E-state index contributed by atoms with van der Waals surface area (Å²) in [6.45, 7) is 5.47. The van der Waals surface area contributed by atoms with Crippen LogP contribution >= 0.6 is 0 Å². The Labute approximate surface area is 129 Å². The second kappa shape index (κ2) is 5.87. The predicted molar refractivity (Wildman–Crippen MR) is 79.9 cm³/mol. The molecule has 0 spiro atoms. The lowest BCUT2D eigenvalue weighted by molar-refractivity contribution is -0.143. The van der Waals surface area contributed by atoms with E-state index in [9.17, 15) is 14.7 Å². The molecule has 0 aromatic heterocycles. The molecule has 1 heterocycles. The molecule has 1 amide bonds. The van der Waals surface area contributed by atoms with Crippen LogP contribution in [0.3, 0.4) is 0 Å². The molecular weight excluding hydrogens is 286 g/mol. The lowest BCUT2D eigenvalue weighted by Crippen LogP contribution is -2.50. The zero-order valence-electron chi connectivity index (χ0n) is 13.3. The molecule has 0 bridgehead atoms. The first-order valence-electron chi connectivity index (χ1n) is 7.09. The number of carbonyl (C=O) groups is 2. The van der Waals surface area contributed by atoms with E-state index in [1.165, 1.54) is 4.90 Å². The number of benzene rings is 1. The highest BCUT2D eigenvalue weighted by atomic mass is 16.6. The lowest BCUT2D eigenvalue weighted by atomic mass is 9.94. The topological polar surface area (TPSA) is 76.1 Å². The van der Waals surface area contributed by atoms with E-state index < -0.39 is 23.7 Å². The summed E-state index contributed by atoms with van der Waals surface area (Å²) in [4.78, 5) is 25.1. The molecule has 6 heteroatoms. The minimum atomic E-state index is -1.04. The molecule has 1 aromatic carbocycles. The number of rotatable bonds is 2. The first-order valence-corrected chi connectivity index (χ1v) is 7.09. The van der Waals surface area contributed by atoms with Crippen molar-refractivity contribution in [2.24, 2.45) is 0 Å². The van der Waals surface area contributed by atoms with Crippen LogP contribution < -0.4 is 4.74 Å². The smallest absolute Gasteiger partial charge is 0.411 e. The van der Waals surface area contributed by atoms with Gasteiger partial charge in [0, 0.05) is 6.42 Å². The highest BCUT2D eigenvalue weighted by Crippen LogP contribution is 2.28. The monoisotopic (exact) mass is 307 g/mol. The standard InChI is InChI=1S/C16H21NO5/c1-16(2,3)22-15(20)17-9-10-5-6-12(21-4)7-11(10)8-13(17)14(18)19/h5-7,13H,8-9H2,1-4H3,(H,18,19)/t13-/m0/s1. The van der Waals surface area contributed by atoms with Gasteiger partial charge in [0.2, 0.25) is 0 Å². The van der Waals surface area contributed by atoms with Crippen LogP contribution in [0, 0.1) is 0 Å². The van der Waals surface area contributed by atoms with Crippen LogP contribution in [0.4, 0.5) is 4.79 Å². The molecule has 1 aliphatic rings. The number of aliphatic carboxylic acids is 1. The molecule has 120 valence electrons. The van der Waals surface area contributed by atoms with Crippen molar-refractivity contribution in [3.05, 3.63) is 29.3 Å². The third-order valence-corrected chi connectivity index (χ3v) is 3.46. The number of nitrogens with zero attached hydrogens (tertiary/aromatic N) is 1. The summed E-state index contributed by atoms with van der Waals surface area (Å²) in [5.41, 5.74) is 1.12. The molecule has 1 aliphatic heterocycles. The van der Waals surface area contributed by atoms with Gasteiger partial charge in [0.05, 0.1) is 13.7 Å². The summed E-state index contributed by atoms with van der Waals surface area (Å²) in [5.74, 6) is -0.368. The number of hydrogen-bond donors (Lipinski definition) is 1. The lowest BCUT2D eigenvalue weighted by Gasteiger charge is -2.35. The largest absolute Gasteiger partial charge is 0.497 e. The van der Waals surface area contributed by atoms with Gasteiger partial charge in [0.15, 0.2) is 0 Å². The Hall–Kier alpha value is -2.24. The van der Waals surface area contributed by atoms with E-state index in [2.05, 4.69) is 0 Å². The van der Waals surface area contributed by atoms with E-state index in [0.717, 1.165) is 11.1 Å². The summed E-state index contributed by atoms with van der Waals surface area (Å²) in [6, 6.07) is 4.53. The van der Waals surface area contributed by atoms with E-state index in [1.54, 1.807) is 33.9 Å². The summed E-state index contributed by atoms with van der Waals surface area (Å²) in [5, 5.41) is 9.43. The molecule has 2 rings (SSSR count). The maximum Gasteiger partial charge on any atom is 0.411 e. The molecular formula is C16H21NO5. The number of carboxylic acid groups (broad SMARTS) is 1. The van der Waals surface area contributed by atoms with Crippen molar-refractivity contribution < 1.29 is 24.2 Å². The van der Waals surface area contributed by atoms with Gasteiger partial charge >= 0.3 is 12.1 Å². The Kier molecular flexibility index (Phi) is 4.30. The minimum Gasteiger partial charge on any atom is -0.497 e. The predicted octanol–water partition coefficient (Wildman–Crippen LogP) is 2.44. The molecule has 1 aromatic rings. The Balaban J connectivity index is 2.30. The second-order valence-corrected chi connectivity index (χ2v) is 6.30. The van der Waals surface area contributed by atoms with Crippen LogP contribution in [0.25, 0.3) is 0 Å². The average Bonchev–Trinajstić information content (AvgIpc) is 2.43. The summed E-state index contributed by atoms with van der Waals surface area (Å²) in [7, 11) is 1.56. The van der Waals surface area contributed by atoms with Crippen LogP contribution in [0.1, 0.15) is 31.9 Å². The van der Waals surface area contributed by atoms with Gasteiger partial charge in [0.25, 0.3) is 0 Å². The van der Waals surface area contributed by atoms with Crippen molar-refractivity contribution >= 4 is 12.1 Å². The molecule has 0 fully saturated rings. The Morgan fingerprint density at radius 1 is 1.27 bits per heavy atom.